The van der Waals surface area contributed by atoms with E-state index in [-0.39, 0.29) is 11.8 Å². The van der Waals surface area contributed by atoms with E-state index in [4.69, 9.17) is 9.90 Å². The van der Waals surface area contributed by atoms with Crippen LogP contribution in [0.2, 0.25) is 0 Å². The van der Waals surface area contributed by atoms with Gasteiger partial charge in [-0.3, -0.25) is 9.59 Å². The molecule has 168 valence electrons. The van der Waals surface area contributed by atoms with Crippen molar-refractivity contribution in [3.05, 3.63) is 35.9 Å². The number of halogens is 3. The number of carbonyl (C=O) groups excluding carboxylic acids is 2. The number of alkyl halides is 3. The molecular weight excluding hydrogens is 403 g/mol. The Kier molecular flexibility index (Phi) is 10.3. The van der Waals surface area contributed by atoms with Crippen LogP contribution in [0.5, 0.6) is 0 Å². The minimum absolute atomic E-state index is 0.00686. The van der Waals surface area contributed by atoms with Gasteiger partial charge in [-0.05, 0) is 18.1 Å². The fourth-order valence-corrected chi connectivity index (χ4v) is 2.78. The second-order valence-electron chi connectivity index (χ2n) is 7.19. The zero-order chi connectivity index (χ0) is 22.7. The van der Waals surface area contributed by atoms with E-state index >= 15 is 0 Å². The largest absolute Gasteiger partial charge is 0.490 e. The molecule has 1 aromatic carbocycles. The molecule has 0 aromatic heterocycles. The van der Waals surface area contributed by atoms with E-state index in [2.05, 4.69) is 19.2 Å². The molecule has 30 heavy (non-hydrogen) atoms. The van der Waals surface area contributed by atoms with E-state index in [1.165, 1.54) is 0 Å². The smallest absolute Gasteiger partial charge is 0.475 e. The molecule has 0 radical (unpaired) electrons. The van der Waals surface area contributed by atoms with Gasteiger partial charge in [-0.25, -0.2) is 4.79 Å². The summed E-state index contributed by atoms with van der Waals surface area (Å²) in [5.41, 5.74) is 0.683. The summed E-state index contributed by atoms with van der Waals surface area (Å²) in [4.78, 5) is 37.6. The first-order valence-corrected chi connectivity index (χ1v) is 9.65. The van der Waals surface area contributed by atoms with Crippen LogP contribution in [0, 0.1) is 5.92 Å². The van der Waals surface area contributed by atoms with Crippen LogP contribution in [-0.4, -0.2) is 78.1 Å². The number of piperazine rings is 1. The summed E-state index contributed by atoms with van der Waals surface area (Å²) in [6.45, 7) is 8.55. The summed E-state index contributed by atoms with van der Waals surface area (Å²) in [7, 11) is 0. The highest BCUT2D eigenvalue weighted by molar-refractivity contribution is 5.94. The number of rotatable bonds is 6. The van der Waals surface area contributed by atoms with Crippen molar-refractivity contribution >= 4 is 17.8 Å². The van der Waals surface area contributed by atoms with E-state index < -0.39 is 12.1 Å². The standard InChI is InChI=1S/C18H27N3O2.C2HF3O2/c1-15(2)14-21(18(23)16-6-4-3-5-7-16)11-8-17(22)20-12-9-19-10-13-20;3-2(4,5)1(6)7/h3-7,15,19H,8-14H2,1-2H3;(H,6,7). The predicted molar refractivity (Wildman–Crippen MR) is 105 cm³/mol. The molecule has 1 aliphatic rings. The van der Waals surface area contributed by atoms with Gasteiger partial charge in [0.05, 0.1) is 0 Å². The molecule has 1 aliphatic heterocycles. The van der Waals surface area contributed by atoms with Gasteiger partial charge in [-0.1, -0.05) is 32.0 Å². The molecular formula is C20H28F3N3O4. The number of amides is 2. The van der Waals surface area contributed by atoms with Crippen molar-refractivity contribution in [3.63, 3.8) is 0 Å². The van der Waals surface area contributed by atoms with Gasteiger partial charge in [0.25, 0.3) is 5.91 Å². The average Bonchev–Trinajstić information content (AvgIpc) is 2.71. The number of benzene rings is 1. The molecule has 1 aromatic rings. The van der Waals surface area contributed by atoms with Crippen molar-refractivity contribution in [3.8, 4) is 0 Å². The van der Waals surface area contributed by atoms with Crippen LogP contribution in [0.25, 0.3) is 0 Å². The first-order chi connectivity index (χ1) is 14.0. The predicted octanol–water partition coefficient (Wildman–Crippen LogP) is 2.24. The Morgan fingerprint density at radius 2 is 1.67 bits per heavy atom. The monoisotopic (exact) mass is 431 g/mol. The van der Waals surface area contributed by atoms with Crippen molar-refractivity contribution in [2.45, 2.75) is 26.4 Å². The molecule has 2 N–H and O–H groups in total. The molecule has 0 spiro atoms. The lowest BCUT2D eigenvalue weighted by molar-refractivity contribution is -0.192. The van der Waals surface area contributed by atoms with E-state index in [0.29, 0.717) is 31.0 Å². The van der Waals surface area contributed by atoms with E-state index in [1.807, 2.05) is 35.2 Å². The summed E-state index contributed by atoms with van der Waals surface area (Å²) in [6, 6.07) is 9.29. The first-order valence-electron chi connectivity index (χ1n) is 9.65. The maximum atomic E-state index is 12.7. The molecule has 1 saturated heterocycles. The van der Waals surface area contributed by atoms with Crippen LogP contribution in [0.4, 0.5) is 13.2 Å². The van der Waals surface area contributed by atoms with Crippen LogP contribution in [0.1, 0.15) is 30.6 Å². The number of carbonyl (C=O) groups is 3. The van der Waals surface area contributed by atoms with Gasteiger partial charge in [-0.15, -0.1) is 0 Å². The van der Waals surface area contributed by atoms with E-state index in [9.17, 15) is 22.8 Å². The molecule has 1 heterocycles. The lowest BCUT2D eigenvalue weighted by atomic mass is 10.1. The number of nitrogens with zero attached hydrogens (tertiary/aromatic N) is 2. The molecule has 0 aliphatic carbocycles. The van der Waals surface area contributed by atoms with E-state index in [1.54, 1.807) is 4.90 Å². The van der Waals surface area contributed by atoms with Gasteiger partial charge in [0.15, 0.2) is 0 Å². The van der Waals surface area contributed by atoms with Gasteiger partial charge in [0, 0.05) is 51.3 Å². The third kappa shape index (κ3) is 9.25. The summed E-state index contributed by atoms with van der Waals surface area (Å²) in [5.74, 6) is -2.24. The lowest BCUT2D eigenvalue weighted by Gasteiger charge is -2.29. The molecule has 0 unspecified atom stereocenters. The number of nitrogens with one attached hydrogen (secondary N) is 1. The van der Waals surface area contributed by atoms with Crippen LogP contribution in [0.3, 0.4) is 0 Å². The van der Waals surface area contributed by atoms with Gasteiger partial charge < -0.3 is 20.2 Å². The van der Waals surface area contributed by atoms with Gasteiger partial charge >= 0.3 is 12.1 Å². The fourth-order valence-electron chi connectivity index (χ4n) is 2.78. The van der Waals surface area contributed by atoms with Crippen molar-refractivity contribution in [1.82, 2.24) is 15.1 Å². The van der Waals surface area contributed by atoms with Gasteiger partial charge in [-0.2, -0.15) is 13.2 Å². The summed E-state index contributed by atoms with van der Waals surface area (Å²) in [5, 5.41) is 10.4. The Morgan fingerprint density at radius 1 is 1.13 bits per heavy atom. The SMILES string of the molecule is CC(C)CN(CCC(=O)N1CCNCC1)C(=O)c1ccccc1.O=C(O)C(F)(F)F. The van der Waals surface area contributed by atoms with Crippen LogP contribution in [-0.2, 0) is 9.59 Å². The normalized spacial score (nSPS) is 14.0. The second kappa shape index (κ2) is 12.2. The summed E-state index contributed by atoms with van der Waals surface area (Å²) in [6.07, 6.45) is -4.69. The first kappa shape index (κ1) is 25.4. The average molecular weight is 431 g/mol. The Hall–Kier alpha value is -2.62. The number of carboxylic acid groups (broad SMARTS) is 1. The summed E-state index contributed by atoms with van der Waals surface area (Å²) < 4.78 is 31.7. The number of hydrogen-bond acceptors (Lipinski definition) is 4. The molecule has 1 fully saturated rings. The highest BCUT2D eigenvalue weighted by Gasteiger charge is 2.38. The van der Waals surface area contributed by atoms with Crippen molar-refractivity contribution in [2.24, 2.45) is 5.92 Å². The molecule has 0 atom stereocenters. The third-order valence-corrected chi connectivity index (χ3v) is 4.20. The number of hydrogen-bond donors (Lipinski definition) is 2. The van der Waals surface area contributed by atoms with Crippen LogP contribution in [0.15, 0.2) is 30.3 Å². The minimum Gasteiger partial charge on any atom is -0.475 e. The van der Waals surface area contributed by atoms with Crippen LogP contribution < -0.4 is 5.32 Å². The lowest BCUT2D eigenvalue weighted by Crippen LogP contribution is -2.47. The highest BCUT2D eigenvalue weighted by Crippen LogP contribution is 2.13. The van der Waals surface area contributed by atoms with Crippen molar-refractivity contribution in [2.75, 3.05) is 39.3 Å². The molecule has 0 saturated carbocycles. The maximum absolute atomic E-state index is 12.7. The maximum Gasteiger partial charge on any atom is 0.490 e. The second-order valence-corrected chi connectivity index (χ2v) is 7.19. The Morgan fingerprint density at radius 3 is 2.13 bits per heavy atom. The Labute approximate surface area is 173 Å². The van der Waals surface area contributed by atoms with Gasteiger partial charge in [0.2, 0.25) is 5.91 Å². The third-order valence-electron chi connectivity index (χ3n) is 4.20. The fraction of sp³-hybridized carbons (Fsp3) is 0.550. The molecule has 7 nitrogen and oxygen atoms in total. The molecule has 2 amide bonds. The Balaban J connectivity index is 0.000000553. The molecule has 2 rings (SSSR count). The minimum atomic E-state index is -5.08. The highest BCUT2D eigenvalue weighted by atomic mass is 19.4. The zero-order valence-corrected chi connectivity index (χ0v) is 17.1. The van der Waals surface area contributed by atoms with Gasteiger partial charge in [0.1, 0.15) is 0 Å². The molecule has 10 heteroatoms. The number of aliphatic carboxylic acids is 1. The van der Waals surface area contributed by atoms with E-state index in [0.717, 1.165) is 26.2 Å². The number of carboxylic acids is 1. The van der Waals surface area contributed by atoms with Crippen molar-refractivity contribution in [1.29, 1.82) is 0 Å². The van der Waals surface area contributed by atoms with Crippen LogP contribution >= 0.6 is 0 Å². The quantitative estimate of drug-likeness (QED) is 0.721. The van der Waals surface area contributed by atoms with Crippen molar-refractivity contribution < 1.29 is 32.7 Å². The zero-order valence-electron chi connectivity index (χ0n) is 17.1. The summed E-state index contributed by atoms with van der Waals surface area (Å²) >= 11 is 0. The topological polar surface area (TPSA) is 90.0 Å². The Bertz CT molecular complexity index is 690. The molecule has 0 bridgehead atoms.